The summed E-state index contributed by atoms with van der Waals surface area (Å²) in [5.74, 6) is 0.972. The van der Waals surface area contributed by atoms with Crippen LogP contribution in [0.25, 0.3) is 21.9 Å². The summed E-state index contributed by atoms with van der Waals surface area (Å²) >= 11 is 0. The van der Waals surface area contributed by atoms with Gasteiger partial charge in [-0.1, -0.05) is 18.2 Å². The molecule has 0 aliphatic carbocycles. The Hall–Kier alpha value is -2.95. The Morgan fingerprint density at radius 3 is 2.88 bits per heavy atom. The van der Waals surface area contributed by atoms with Crippen molar-refractivity contribution in [3.63, 3.8) is 0 Å². The van der Waals surface area contributed by atoms with Crippen molar-refractivity contribution in [1.29, 1.82) is 0 Å². The molecule has 0 saturated carbocycles. The number of fused-ring (bicyclic) bond motifs is 3. The van der Waals surface area contributed by atoms with Gasteiger partial charge in [0.25, 0.3) is 0 Å². The molecule has 5 heteroatoms. The molecule has 0 saturated heterocycles. The second-order valence-corrected chi connectivity index (χ2v) is 6.29. The maximum Gasteiger partial charge on any atom is 0.144 e. The van der Waals surface area contributed by atoms with Gasteiger partial charge >= 0.3 is 0 Å². The molecule has 1 aliphatic heterocycles. The van der Waals surface area contributed by atoms with E-state index in [9.17, 15) is 0 Å². The number of benzene rings is 2. The Labute approximate surface area is 139 Å². The maximum absolute atomic E-state index is 4.62. The van der Waals surface area contributed by atoms with Crippen LogP contribution in [0.2, 0.25) is 0 Å². The molecule has 0 unspecified atom stereocenters. The number of rotatable bonds is 1. The van der Waals surface area contributed by atoms with Gasteiger partial charge in [0, 0.05) is 24.7 Å². The Bertz CT molecular complexity index is 1070. The van der Waals surface area contributed by atoms with Crippen LogP contribution < -0.4 is 4.90 Å². The van der Waals surface area contributed by atoms with Crippen LogP contribution in [-0.4, -0.2) is 26.1 Å². The van der Waals surface area contributed by atoms with Crippen LogP contribution >= 0.6 is 0 Å². The number of aryl methyl sites for hydroxylation is 2. The van der Waals surface area contributed by atoms with Crippen LogP contribution in [-0.2, 0) is 13.5 Å². The zero-order valence-electron chi connectivity index (χ0n) is 13.5. The van der Waals surface area contributed by atoms with Crippen molar-refractivity contribution >= 4 is 33.4 Å². The van der Waals surface area contributed by atoms with E-state index in [1.54, 1.807) is 6.33 Å². The zero-order chi connectivity index (χ0) is 16.1. The third-order valence-corrected chi connectivity index (χ3v) is 4.83. The van der Waals surface area contributed by atoms with Crippen LogP contribution in [0, 0.1) is 0 Å². The lowest BCUT2D eigenvalue weighted by molar-refractivity contribution is 0.761. The van der Waals surface area contributed by atoms with E-state index >= 15 is 0 Å². The average Bonchev–Trinajstić information content (AvgIpc) is 2.99. The van der Waals surface area contributed by atoms with Crippen molar-refractivity contribution in [2.24, 2.45) is 7.05 Å². The molecule has 0 N–H and O–H groups in total. The Morgan fingerprint density at radius 1 is 1.00 bits per heavy atom. The Morgan fingerprint density at radius 2 is 1.92 bits per heavy atom. The van der Waals surface area contributed by atoms with Crippen molar-refractivity contribution in [2.75, 3.05) is 11.4 Å². The van der Waals surface area contributed by atoms with Crippen molar-refractivity contribution in [3.8, 4) is 0 Å². The van der Waals surface area contributed by atoms with Gasteiger partial charge in [-0.25, -0.2) is 15.0 Å². The lowest BCUT2D eigenvalue weighted by Gasteiger charge is -2.31. The molecule has 2 aromatic carbocycles. The van der Waals surface area contributed by atoms with Gasteiger partial charge in [-0.2, -0.15) is 0 Å². The summed E-state index contributed by atoms with van der Waals surface area (Å²) in [4.78, 5) is 15.9. The van der Waals surface area contributed by atoms with Gasteiger partial charge in [-0.15, -0.1) is 0 Å². The van der Waals surface area contributed by atoms with Crippen molar-refractivity contribution in [1.82, 2.24) is 19.5 Å². The van der Waals surface area contributed by atoms with Crippen LogP contribution in [0.1, 0.15) is 12.0 Å². The summed E-state index contributed by atoms with van der Waals surface area (Å²) in [5.41, 5.74) is 5.66. The molecule has 5 nitrogen and oxygen atoms in total. The number of para-hydroxylation sites is 1. The molecule has 5 rings (SSSR count). The molecule has 118 valence electrons. The molecule has 0 fully saturated rings. The summed E-state index contributed by atoms with van der Waals surface area (Å²) < 4.78 is 2.02. The minimum atomic E-state index is 0.958. The highest BCUT2D eigenvalue weighted by Gasteiger charge is 2.21. The number of hydrogen-bond acceptors (Lipinski definition) is 4. The topological polar surface area (TPSA) is 46.8 Å². The lowest BCUT2D eigenvalue weighted by Crippen LogP contribution is -2.25. The van der Waals surface area contributed by atoms with E-state index in [1.165, 1.54) is 11.3 Å². The molecule has 0 radical (unpaired) electrons. The van der Waals surface area contributed by atoms with Crippen molar-refractivity contribution < 1.29 is 0 Å². The SMILES string of the molecule is Cn1cnc2cc3c(N4CCCc5ccccc54)ncnc3cc21. The number of nitrogens with zero attached hydrogens (tertiary/aromatic N) is 5. The van der Waals surface area contributed by atoms with E-state index in [2.05, 4.69) is 56.3 Å². The molecule has 0 amide bonds. The Balaban J connectivity index is 1.77. The summed E-state index contributed by atoms with van der Waals surface area (Å²) in [5, 5.41) is 1.06. The number of hydrogen-bond donors (Lipinski definition) is 0. The molecule has 24 heavy (non-hydrogen) atoms. The first-order chi connectivity index (χ1) is 11.8. The van der Waals surface area contributed by atoms with E-state index in [1.807, 2.05) is 17.9 Å². The largest absolute Gasteiger partial charge is 0.334 e. The van der Waals surface area contributed by atoms with Gasteiger partial charge in [0.15, 0.2) is 0 Å². The van der Waals surface area contributed by atoms with E-state index in [-0.39, 0.29) is 0 Å². The van der Waals surface area contributed by atoms with Crippen molar-refractivity contribution in [2.45, 2.75) is 12.8 Å². The van der Waals surface area contributed by atoms with E-state index in [4.69, 9.17) is 0 Å². The number of aromatic nitrogens is 4. The standard InChI is InChI=1S/C19H17N5/c1-23-12-22-16-9-14-15(10-18(16)23)20-11-21-19(14)24-8-4-6-13-5-2-3-7-17(13)24/h2-3,5,7,9-12H,4,6,8H2,1H3. The van der Waals surface area contributed by atoms with Crippen LogP contribution in [0.3, 0.4) is 0 Å². The molecule has 2 aromatic heterocycles. The smallest absolute Gasteiger partial charge is 0.144 e. The maximum atomic E-state index is 4.62. The zero-order valence-corrected chi connectivity index (χ0v) is 13.5. The van der Waals surface area contributed by atoms with E-state index < -0.39 is 0 Å². The molecule has 4 aromatic rings. The van der Waals surface area contributed by atoms with Gasteiger partial charge in [-0.3, -0.25) is 0 Å². The second kappa shape index (κ2) is 5.03. The molecule has 0 spiro atoms. The molecule has 3 heterocycles. The van der Waals surface area contributed by atoms with Crippen LogP contribution in [0.4, 0.5) is 11.5 Å². The second-order valence-electron chi connectivity index (χ2n) is 6.29. The summed E-state index contributed by atoms with van der Waals surface area (Å²) in [6.45, 7) is 0.976. The lowest BCUT2D eigenvalue weighted by atomic mass is 10.0. The van der Waals surface area contributed by atoms with E-state index in [0.29, 0.717) is 0 Å². The first kappa shape index (κ1) is 13.5. The number of imidazole rings is 1. The fourth-order valence-electron chi connectivity index (χ4n) is 3.63. The Kier molecular flexibility index (Phi) is 2.82. The molecule has 0 bridgehead atoms. The minimum Gasteiger partial charge on any atom is -0.334 e. The fourth-order valence-corrected chi connectivity index (χ4v) is 3.63. The van der Waals surface area contributed by atoms with Gasteiger partial charge in [0.1, 0.15) is 12.1 Å². The molecular formula is C19H17N5. The molecule has 0 atom stereocenters. The minimum absolute atomic E-state index is 0.958. The van der Waals surface area contributed by atoms with Gasteiger partial charge < -0.3 is 9.47 Å². The fraction of sp³-hybridized carbons (Fsp3) is 0.211. The highest BCUT2D eigenvalue weighted by atomic mass is 15.2. The van der Waals surface area contributed by atoms with Crippen LogP contribution in [0.15, 0.2) is 49.1 Å². The van der Waals surface area contributed by atoms with Crippen LogP contribution in [0.5, 0.6) is 0 Å². The predicted octanol–water partition coefficient (Wildman–Crippen LogP) is 3.60. The highest BCUT2D eigenvalue weighted by molar-refractivity contribution is 5.99. The third-order valence-electron chi connectivity index (χ3n) is 4.83. The first-order valence-corrected chi connectivity index (χ1v) is 8.22. The normalized spacial score (nSPS) is 14.3. The molecule has 1 aliphatic rings. The average molecular weight is 315 g/mol. The van der Waals surface area contributed by atoms with Crippen molar-refractivity contribution in [3.05, 3.63) is 54.6 Å². The summed E-state index contributed by atoms with van der Waals surface area (Å²) in [7, 11) is 2.00. The van der Waals surface area contributed by atoms with Gasteiger partial charge in [0.2, 0.25) is 0 Å². The first-order valence-electron chi connectivity index (χ1n) is 8.22. The van der Waals surface area contributed by atoms with Gasteiger partial charge in [-0.05, 0) is 36.6 Å². The van der Waals surface area contributed by atoms with Gasteiger partial charge in [0.05, 0.1) is 22.9 Å². The predicted molar refractivity (Wildman–Crippen MR) is 95.6 cm³/mol. The van der Waals surface area contributed by atoms with E-state index in [0.717, 1.165) is 47.1 Å². The third kappa shape index (κ3) is 1.91. The molecular weight excluding hydrogens is 298 g/mol. The highest BCUT2D eigenvalue weighted by Crippen LogP contribution is 2.36. The monoisotopic (exact) mass is 315 g/mol. The quantitative estimate of drug-likeness (QED) is 0.538. The summed E-state index contributed by atoms with van der Waals surface area (Å²) in [6, 6.07) is 12.8. The summed E-state index contributed by atoms with van der Waals surface area (Å²) in [6.07, 6.45) is 5.76. The number of anilines is 2.